The molecule has 1 amide bonds. The van der Waals surface area contributed by atoms with E-state index in [-0.39, 0.29) is 23.7 Å². The summed E-state index contributed by atoms with van der Waals surface area (Å²) in [5.74, 6) is -1.16. The molecule has 5 heteroatoms. The molecule has 3 aromatic carbocycles. The highest BCUT2D eigenvalue weighted by Gasteiger charge is 2.41. The van der Waals surface area contributed by atoms with Crippen LogP contribution in [-0.2, 0) is 19.1 Å². The Hall–Kier alpha value is -3.05. The molecule has 1 unspecified atom stereocenters. The number of methoxy groups -OCH3 is 1. The van der Waals surface area contributed by atoms with Gasteiger partial charge in [-0.3, -0.25) is 14.3 Å². The van der Waals surface area contributed by atoms with E-state index in [1.165, 1.54) is 19.1 Å². The van der Waals surface area contributed by atoms with Crippen molar-refractivity contribution in [2.75, 3.05) is 7.11 Å². The summed E-state index contributed by atoms with van der Waals surface area (Å²) in [6, 6.07) is 30.7. The first-order valence-electron chi connectivity index (χ1n) is 11.4. The fraction of sp³-hybridized carbons (Fsp3) is 0.286. The zero-order valence-corrected chi connectivity index (χ0v) is 19.6. The van der Waals surface area contributed by atoms with Gasteiger partial charge in [0.25, 0.3) is 0 Å². The number of rotatable bonds is 7. The molecule has 3 aromatic rings. The van der Waals surface area contributed by atoms with Crippen LogP contribution in [0.4, 0.5) is 0 Å². The van der Waals surface area contributed by atoms with Crippen molar-refractivity contribution in [2.24, 2.45) is 11.8 Å². The number of hydrogen-bond acceptors (Lipinski definition) is 4. The van der Waals surface area contributed by atoms with E-state index in [9.17, 15) is 9.59 Å². The molecule has 0 aromatic heterocycles. The number of carbonyl (C=O) groups is 2. The van der Waals surface area contributed by atoms with E-state index in [1.54, 1.807) is 0 Å². The molecule has 0 spiro atoms. The molecule has 0 aliphatic heterocycles. The van der Waals surface area contributed by atoms with Crippen LogP contribution in [-0.4, -0.2) is 19.0 Å². The van der Waals surface area contributed by atoms with Gasteiger partial charge in [-0.1, -0.05) is 104 Å². The Morgan fingerprint density at radius 3 is 1.61 bits per heavy atom. The number of hydrogen-bond donors (Lipinski definition) is 1. The van der Waals surface area contributed by atoms with Crippen LogP contribution in [0.2, 0.25) is 0 Å². The van der Waals surface area contributed by atoms with Gasteiger partial charge in [0.2, 0.25) is 5.91 Å². The first-order chi connectivity index (χ1) is 16.2. The number of benzene rings is 3. The molecule has 2 atom stereocenters. The monoisotopic (exact) mass is 459 g/mol. The summed E-state index contributed by atoms with van der Waals surface area (Å²) in [5.41, 5.74) is 3.21. The molecule has 1 N–H and O–H groups in total. The molecule has 1 saturated carbocycles. The maximum absolute atomic E-state index is 13.4. The second-order valence-corrected chi connectivity index (χ2v) is 9.39. The lowest BCUT2D eigenvalue weighted by Gasteiger charge is -2.36. The Labute approximate surface area is 199 Å². The van der Waals surface area contributed by atoms with E-state index in [0.717, 1.165) is 29.5 Å². The van der Waals surface area contributed by atoms with Gasteiger partial charge in [-0.15, -0.1) is 0 Å². The van der Waals surface area contributed by atoms with Crippen LogP contribution in [0.15, 0.2) is 91.0 Å². The second kappa shape index (κ2) is 10.7. The molecule has 1 fully saturated rings. The van der Waals surface area contributed by atoms with Crippen LogP contribution in [0.25, 0.3) is 0 Å². The van der Waals surface area contributed by atoms with Crippen LogP contribution in [0.3, 0.4) is 0 Å². The maximum Gasteiger partial charge on any atom is 0.309 e. The lowest BCUT2D eigenvalue weighted by molar-refractivity contribution is -0.151. The van der Waals surface area contributed by atoms with Crippen LogP contribution in [0.5, 0.6) is 0 Å². The van der Waals surface area contributed by atoms with Crippen LogP contribution in [0.1, 0.15) is 42.4 Å². The van der Waals surface area contributed by atoms with Crippen molar-refractivity contribution in [1.29, 1.82) is 0 Å². The standard InChI is InChI=1S/C28H29NO3S/c1-32-27(31)25-20-12-11-19-24(25)26(30)29-33-28(21-13-5-2-6-14-21,22-15-7-3-8-16-22)23-17-9-4-10-18-23/h2-10,13-18,24-25H,11-12,19-20H2,1H3,(H,29,30)/t24?,25-/m1/s1. The minimum atomic E-state index is -0.644. The summed E-state index contributed by atoms with van der Waals surface area (Å²) >= 11 is 1.40. The van der Waals surface area contributed by atoms with E-state index in [0.29, 0.717) is 12.8 Å². The highest BCUT2D eigenvalue weighted by atomic mass is 32.2. The van der Waals surface area contributed by atoms with Crippen molar-refractivity contribution in [2.45, 2.75) is 30.4 Å². The number of amides is 1. The SMILES string of the molecule is COC(=O)[C@@H]1CCCCC1C(=O)NSC(c1ccccc1)(c1ccccc1)c1ccccc1. The predicted molar refractivity (Wildman–Crippen MR) is 132 cm³/mol. The quantitative estimate of drug-likeness (QED) is 0.279. The van der Waals surface area contributed by atoms with Crippen molar-refractivity contribution in [3.63, 3.8) is 0 Å². The van der Waals surface area contributed by atoms with Gasteiger partial charge in [0.15, 0.2) is 0 Å². The zero-order chi connectivity index (χ0) is 23.1. The summed E-state index contributed by atoms with van der Waals surface area (Å²) in [4.78, 5) is 25.8. The second-order valence-electron chi connectivity index (χ2n) is 8.37. The molecule has 0 radical (unpaired) electrons. The Balaban J connectivity index is 1.73. The average molecular weight is 460 g/mol. The summed E-state index contributed by atoms with van der Waals surface area (Å²) in [6.45, 7) is 0. The Morgan fingerprint density at radius 1 is 0.758 bits per heavy atom. The Bertz CT molecular complexity index is 960. The molecule has 170 valence electrons. The first-order valence-corrected chi connectivity index (χ1v) is 12.2. The third kappa shape index (κ3) is 4.83. The van der Waals surface area contributed by atoms with Crippen LogP contribution < -0.4 is 4.72 Å². The van der Waals surface area contributed by atoms with Crippen LogP contribution >= 0.6 is 11.9 Å². The topological polar surface area (TPSA) is 55.4 Å². The third-order valence-electron chi connectivity index (χ3n) is 6.45. The van der Waals surface area contributed by atoms with E-state index in [2.05, 4.69) is 41.1 Å². The van der Waals surface area contributed by atoms with Crippen molar-refractivity contribution in [1.82, 2.24) is 4.72 Å². The molecule has 33 heavy (non-hydrogen) atoms. The minimum Gasteiger partial charge on any atom is -0.469 e. The van der Waals surface area contributed by atoms with Gasteiger partial charge >= 0.3 is 5.97 Å². The molecule has 4 rings (SSSR count). The highest BCUT2D eigenvalue weighted by Crippen LogP contribution is 2.47. The fourth-order valence-electron chi connectivity index (χ4n) is 4.78. The van der Waals surface area contributed by atoms with Gasteiger partial charge in [-0.05, 0) is 41.5 Å². The lowest BCUT2D eigenvalue weighted by Crippen LogP contribution is -2.40. The van der Waals surface area contributed by atoms with E-state index < -0.39 is 4.75 Å². The first kappa shape index (κ1) is 23.1. The molecule has 4 nitrogen and oxygen atoms in total. The molecule has 0 bridgehead atoms. The smallest absolute Gasteiger partial charge is 0.309 e. The van der Waals surface area contributed by atoms with Gasteiger partial charge in [0.05, 0.1) is 18.9 Å². The summed E-state index contributed by atoms with van der Waals surface area (Å²) in [7, 11) is 1.39. The van der Waals surface area contributed by atoms with Gasteiger partial charge in [0, 0.05) is 0 Å². The van der Waals surface area contributed by atoms with E-state index in [4.69, 9.17) is 4.74 Å². The van der Waals surface area contributed by atoms with E-state index in [1.807, 2.05) is 54.6 Å². The summed E-state index contributed by atoms with van der Waals surface area (Å²) in [5, 5.41) is 0. The lowest BCUT2D eigenvalue weighted by atomic mass is 9.79. The summed E-state index contributed by atoms with van der Waals surface area (Å²) < 4.78 is 7.52. The normalized spacial score (nSPS) is 18.3. The van der Waals surface area contributed by atoms with Crippen molar-refractivity contribution in [3.05, 3.63) is 108 Å². The molecular weight excluding hydrogens is 430 g/mol. The van der Waals surface area contributed by atoms with Crippen molar-refractivity contribution in [3.8, 4) is 0 Å². The number of esters is 1. The molecule has 1 aliphatic rings. The van der Waals surface area contributed by atoms with Crippen LogP contribution in [0, 0.1) is 11.8 Å². The van der Waals surface area contributed by atoms with Gasteiger partial charge < -0.3 is 4.74 Å². The largest absolute Gasteiger partial charge is 0.469 e. The molecule has 0 saturated heterocycles. The number of nitrogens with one attached hydrogen (secondary N) is 1. The maximum atomic E-state index is 13.4. The van der Waals surface area contributed by atoms with Gasteiger partial charge in [-0.25, -0.2) is 0 Å². The number of carbonyl (C=O) groups excluding carboxylic acids is 2. The highest BCUT2D eigenvalue weighted by molar-refractivity contribution is 7.99. The predicted octanol–water partition coefficient (Wildman–Crippen LogP) is 5.72. The fourth-order valence-corrected chi connectivity index (χ4v) is 5.94. The van der Waals surface area contributed by atoms with Gasteiger partial charge in [0.1, 0.15) is 4.75 Å². The van der Waals surface area contributed by atoms with E-state index >= 15 is 0 Å². The number of ether oxygens (including phenoxy) is 1. The van der Waals surface area contributed by atoms with Crippen molar-refractivity contribution >= 4 is 23.8 Å². The summed E-state index contributed by atoms with van der Waals surface area (Å²) in [6.07, 6.45) is 3.27. The Morgan fingerprint density at radius 2 is 1.18 bits per heavy atom. The average Bonchev–Trinajstić information content (AvgIpc) is 2.90. The third-order valence-corrected chi connectivity index (χ3v) is 7.77. The molecule has 0 heterocycles. The molecule has 1 aliphatic carbocycles. The Kier molecular flexibility index (Phi) is 7.50. The van der Waals surface area contributed by atoms with Crippen molar-refractivity contribution < 1.29 is 14.3 Å². The van der Waals surface area contributed by atoms with Gasteiger partial charge in [-0.2, -0.15) is 0 Å². The molecular formula is C28H29NO3S. The minimum absolute atomic E-state index is 0.109. The zero-order valence-electron chi connectivity index (χ0n) is 18.8.